The zero-order chi connectivity index (χ0) is 19.1. The van der Waals surface area contributed by atoms with Crippen molar-refractivity contribution in [3.05, 3.63) is 89.7 Å². The second-order valence-electron chi connectivity index (χ2n) is 7.40. The number of likely N-dealkylation sites (tertiary alicyclic amines) is 1. The van der Waals surface area contributed by atoms with Crippen molar-refractivity contribution < 1.29 is 14.3 Å². The number of ether oxygens (including phenoxy) is 1. The molecule has 0 N–H and O–H groups in total. The predicted octanol–water partition coefficient (Wildman–Crippen LogP) is 3.78. The fourth-order valence-electron chi connectivity index (χ4n) is 4.31. The van der Waals surface area contributed by atoms with Crippen molar-refractivity contribution in [1.82, 2.24) is 9.47 Å². The van der Waals surface area contributed by atoms with Crippen molar-refractivity contribution in [2.24, 2.45) is 0 Å². The first-order valence-electron chi connectivity index (χ1n) is 9.52. The number of amides is 1. The third-order valence-corrected chi connectivity index (χ3v) is 5.68. The summed E-state index contributed by atoms with van der Waals surface area (Å²) in [6.07, 6.45) is 5.48. The minimum atomic E-state index is -0.716. The van der Waals surface area contributed by atoms with Crippen LogP contribution in [0.2, 0.25) is 0 Å². The molecule has 3 heterocycles. The highest BCUT2D eigenvalue weighted by molar-refractivity contribution is 5.96. The molecule has 3 aromatic rings. The zero-order valence-corrected chi connectivity index (χ0v) is 15.4. The van der Waals surface area contributed by atoms with Gasteiger partial charge in [0.1, 0.15) is 0 Å². The highest BCUT2D eigenvalue weighted by atomic mass is 16.6. The highest BCUT2D eigenvalue weighted by Crippen LogP contribution is 2.43. The lowest BCUT2D eigenvalue weighted by Crippen LogP contribution is -2.48. The molecule has 5 heteroatoms. The first-order valence-corrected chi connectivity index (χ1v) is 9.52. The number of piperidine rings is 1. The maximum atomic E-state index is 13.1. The van der Waals surface area contributed by atoms with Gasteiger partial charge in [-0.2, -0.15) is 0 Å². The maximum Gasteiger partial charge on any atom is 0.339 e. The number of benzene rings is 2. The number of carbonyl (C=O) groups excluding carboxylic acids is 2. The Labute approximate surface area is 163 Å². The Morgan fingerprint density at radius 1 is 0.964 bits per heavy atom. The molecule has 140 valence electrons. The monoisotopic (exact) mass is 372 g/mol. The Hall–Kier alpha value is -3.34. The van der Waals surface area contributed by atoms with E-state index in [1.54, 1.807) is 6.07 Å². The molecule has 1 amide bonds. The molecule has 1 unspecified atom stereocenters. The Balaban J connectivity index is 1.40. The number of nitrogens with zero attached hydrogens (tertiary/aromatic N) is 2. The third kappa shape index (κ3) is 2.62. The fraction of sp³-hybridized carbons (Fsp3) is 0.217. The molecule has 1 aromatic heterocycles. The van der Waals surface area contributed by atoms with Crippen LogP contribution >= 0.6 is 0 Å². The molecule has 0 saturated carbocycles. The van der Waals surface area contributed by atoms with Crippen LogP contribution in [0.5, 0.6) is 0 Å². The number of esters is 1. The van der Waals surface area contributed by atoms with Gasteiger partial charge in [-0.25, -0.2) is 4.79 Å². The first-order chi connectivity index (χ1) is 13.7. The lowest BCUT2D eigenvalue weighted by molar-refractivity contribution is -0.0442. The number of fused-ring (bicyclic) bond motifs is 2. The number of carbonyl (C=O) groups is 2. The van der Waals surface area contributed by atoms with Crippen LogP contribution in [-0.2, 0) is 10.3 Å². The van der Waals surface area contributed by atoms with E-state index in [4.69, 9.17) is 4.74 Å². The van der Waals surface area contributed by atoms with Crippen molar-refractivity contribution >= 4 is 11.9 Å². The minimum Gasteiger partial charge on any atom is -0.449 e. The second-order valence-corrected chi connectivity index (χ2v) is 7.40. The van der Waals surface area contributed by atoms with E-state index >= 15 is 0 Å². The summed E-state index contributed by atoms with van der Waals surface area (Å²) in [4.78, 5) is 27.2. The van der Waals surface area contributed by atoms with E-state index in [9.17, 15) is 9.59 Å². The molecule has 0 radical (unpaired) electrons. The van der Waals surface area contributed by atoms with E-state index in [0.717, 1.165) is 24.1 Å². The van der Waals surface area contributed by atoms with Crippen molar-refractivity contribution in [3.63, 3.8) is 0 Å². The van der Waals surface area contributed by atoms with Crippen LogP contribution in [0.3, 0.4) is 0 Å². The number of rotatable bonds is 2. The van der Waals surface area contributed by atoms with E-state index in [1.165, 1.54) is 0 Å². The zero-order valence-electron chi connectivity index (χ0n) is 15.4. The minimum absolute atomic E-state index is 0.0291. The third-order valence-electron chi connectivity index (χ3n) is 5.68. The molecule has 2 aliphatic heterocycles. The van der Waals surface area contributed by atoms with Crippen molar-refractivity contribution in [3.8, 4) is 5.69 Å². The molecule has 1 fully saturated rings. The molecular weight excluding hydrogens is 352 g/mol. The number of hydrogen-bond donors (Lipinski definition) is 0. The summed E-state index contributed by atoms with van der Waals surface area (Å²) < 4.78 is 7.81. The molecule has 28 heavy (non-hydrogen) atoms. The fourth-order valence-corrected chi connectivity index (χ4v) is 4.31. The van der Waals surface area contributed by atoms with Crippen molar-refractivity contribution in [1.29, 1.82) is 0 Å². The summed E-state index contributed by atoms with van der Waals surface area (Å²) in [6.45, 7) is 1.06. The quantitative estimate of drug-likeness (QED) is 0.644. The topological polar surface area (TPSA) is 51.5 Å². The number of hydrogen-bond acceptors (Lipinski definition) is 3. The standard InChI is InChI=1S/C23H20N2O3/c26-21(17-8-10-18(11-9-17)24-13-3-4-14-24)25-15-5-12-23(16-25)20-7-2-1-6-19(20)22(27)28-23/h1-4,6-11,13-14H,5,12,15-16H2. The van der Waals surface area contributed by atoms with Crippen LogP contribution in [0, 0.1) is 0 Å². The summed E-state index contributed by atoms with van der Waals surface area (Å²) in [7, 11) is 0. The number of aromatic nitrogens is 1. The largest absolute Gasteiger partial charge is 0.449 e. The van der Waals surface area contributed by atoms with Gasteiger partial charge in [0, 0.05) is 35.8 Å². The van der Waals surface area contributed by atoms with Gasteiger partial charge in [0.2, 0.25) is 0 Å². The summed E-state index contributed by atoms with van der Waals surface area (Å²) in [6, 6.07) is 19.0. The second kappa shape index (κ2) is 6.37. The van der Waals surface area contributed by atoms with Gasteiger partial charge in [-0.15, -0.1) is 0 Å². The Morgan fingerprint density at radius 2 is 1.71 bits per heavy atom. The van der Waals surface area contributed by atoms with Crippen LogP contribution in [0.1, 0.15) is 39.1 Å². The molecule has 5 nitrogen and oxygen atoms in total. The van der Waals surface area contributed by atoms with Gasteiger partial charge in [0.05, 0.1) is 12.1 Å². The van der Waals surface area contributed by atoms with Crippen LogP contribution in [0.4, 0.5) is 0 Å². The van der Waals surface area contributed by atoms with Gasteiger partial charge in [-0.3, -0.25) is 4.79 Å². The molecule has 5 rings (SSSR count). The lowest BCUT2D eigenvalue weighted by Gasteiger charge is -2.39. The average molecular weight is 372 g/mol. The summed E-state index contributed by atoms with van der Waals surface area (Å²) in [5.41, 5.74) is 2.46. The average Bonchev–Trinajstić information content (AvgIpc) is 3.36. The molecule has 2 aromatic carbocycles. The van der Waals surface area contributed by atoms with E-state index in [2.05, 4.69) is 0 Å². The van der Waals surface area contributed by atoms with Crippen LogP contribution in [-0.4, -0.2) is 34.4 Å². The maximum absolute atomic E-state index is 13.1. The van der Waals surface area contributed by atoms with Crippen LogP contribution in [0.15, 0.2) is 73.1 Å². The Bertz CT molecular complexity index is 1040. The Morgan fingerprint density at radius 3 is 2.50 bits per heavy atom. The molecule has 0 bridgehead atoms. The normalized spacial score (nSPS) is 20.9. The van der Waals surface area contributed by atoms with Gasteiger partial charge in [-0.1, -0.05) is 18.2 Å². The molecule has 0 aliphatic carbocycles. The van der Waals surface area contributed by atoms with Crippen molar-refractivity contribution in [2.45, 2.75) is 18.4 Å². The molecule has 1 saturated heterocycles. The van der Waals surface area contributed by atoms with Gasteiger partial charge in [0.15, 0.2) is 5.60 Å². The Kier molecular flexibility index (Phi) is 3.83. The van der Waals surface area contributed by atoms with E-state index < -0.39 is 5.60 Å². The van der Waals surface area contributed by atoms with E-state index in [1.807, 2.05) is 76.5 Å². The van der Waals surface area contributed by atoms with Gasteiger partial charge >= 0.3 is 5.97 Å². The molecule has 2 aliphatic rings. The van der Waals surface area contributed by atoms with E-state index in [0.29, 0.717) is 24.2 Å². The first kappa shape index (κ1) is 16.8. The summed E-state index contributed by atoms with van der Waals surface area (Å²) in [5, 5.41) is 0. The van der Waals surface area contributed by atoms with Crippen LogP contribution in [0.25, 0.3) is 5.69 Å². The summed E-state index contributed by atoms with van der Waals surface area (Å²) >= 11 is 0. The smallest absolute Gasteiger partial charge is 0.339 e. The van der Waals surface area contributed by atoms with Gasteiger partial charge < -0.3 is 14.2 Å². The molecule has 1 atom stereocenters. The molecule has 1 spiro atoms. The summed E-state index contributed by atoms with van der Waals surface area (Å²) in [5.74, 6) is -0.320. The van der Waals surface area contributed by atoms with Gasteiger partial charge in [-0.05, 0) is 55.3 Å². The highest BCUT2D eigenvalue weighted by Gasteiger charge is 2.48. The lowest BCUT2D eigenvalue weighted by atomic mass is 9.85. The molecular formula is C23H20N2O3. The predicted molar refractivity (Wildman–Crippen MR) is 104 cm³/mol. The van der Waals surface area contributed by atoms with Crippen LogP contribution < -0.4 is 0 Å². The van der Waals surface area contributed by atoms with Crippen molar-refractivity contribution in [2.75, 3.05) is 13.1 Å². The van der Waals surface area contributed by atoms with Gasteiger partial charge in [0.25, 0.3) is 5.91 Å². The van der Waals surface area contributed by atoms with E-state index in [-0.39, 0.29) is 11.9 Å². The SMILES string of the molecule is O=C1OC2(CCCN(C(=O)c3ccc(-n4cccc4)cc3)C2)c2ccccc21.